The van der Waals surface area contributed by atoms with Gasteiger partial charge in [-0.15, -0.1) is 11.3 Å². The van der Waals surface area contributed by atoms with E-state index in [9.17, 15) is 9.59 Å². The molecule has 2 heterocycles. The van der Waals surface area contributed by atoms with Gasteiger partial charge in [0.1, 0.15) is 4.88 Å². The quantitative estimate of drug-likeness (QED) is 0.865. The summed E-state index contributed by atoms with van der Waals surface area (Å²) in [5.41, 5.74) is 0.539. The fourth-order valence-corrected chi connectivity index (χ4v) is 3.04. The molecule has 0 saturated carbocycles. The molecule has 1 saturated heterocycles. The second-order valence-corrected chi connectivity index (χ2v) is 6.08. The number of carbonyl (C=O) groups excluding carboxylic acids is 2. The van der Waals surface area contributed by atoms with E-state index in [0.29, 0.717) is 17.1 Å². The molecule has 1 aromatic rings. The number of likely N-dealkylation sites (tertiary alicyclic amines) is 1. The molecule has 0 spiro atoms. The van der Waals surface area contributed by atoms with E-state index in [0.717, 1.165) is 31.8 Å². The number of nitrogens with zero attached hydrogens (tertiary/aromatic N) is 1. The van der Waals surface area contributed by atoms with E-state index >= 15 is 0 Å². The topological polar surface area (TPSA) is 58.6 Å². The molecule has 2 rings (SSSR count). The van der Waals surface area contributed by atoms with Crippen LogP contribution in [0.25, 0.3) is 0 Å². The van der Waals surface area contributed by atoms with Crippen molar-refractivity contribution in [1.82, 2.24) is 4.90 Å². The molecule has 1 fully saturated rings. The van der Waals surface area contributed by atoms with Crippen molar-refractivity contribution in [2.24, 2.45) is 5.92 Å². The van der Waals surface area contributed by atoms with Crippen LogP contribution in [0.4, 0.5) is 5.69 Å². The number of methoxy groups -OCH3 is 1. The molecular weight excluding hydrogens is 276 g/mol. The summed E-state index contributed by atoms with van der Waals surface area (Å²) in [4.78, 5) is 26.1. The molecule has 0 radical (unpaired) electrons. The molecule has 110 valence electrons. The van der Waals surface area contributed by atoms with Crippen LogP contribution in [0.2, 0.25) is 0 Å². The number of ether oxygens (including phenoxy) is 1. The summed E-state index contributed by atoms with van der Waals surface area (Å²) in [5, 5.41) is 4.56. The number of carbonyl (C=O) groups is 2. The summed E-state index contributed by atoms with van der Waals surface area (Å²) in [7, 11) is 1.34. The van der Waals surface area contributed by atoms with Crippen LogP contribution in [-0.4, -0.2) is 43.5 Å². The van der Waals surface area contributed by atoms with E-state index in [1.54, 1.807) is 11.4 Å². The lowest BCUT2D eigenvalue weighted by Crippen LogP contribution is -2.38. The average Bonchev–Trinajstić information content (AvgIpc) is 2.88. The summed E-state index contributed by atoms with van der Waals surface area (Å²) >= 11 is 1.27. The maximum Gasteiger partial charge on any atom is 0.350 e. The number of amides is 1. The highest BCUT2D eigenvalue weighted by Gasteiger charge is 2.20. The molecule has 0 bridgehead atoms. The zero-order chi connectivity index (χ0) is 14.5. The van der Waals surface area contributed by atoms with Gasteiger partial charge in [0.15, 0.2) is 0 Å². The zero-order valence-electron chi connectivity index (χ0n) is 11.8. The SMILES string of the molecule is COC(=O)c1sccc1NC(=O)CN1CCC(C)CC1. The van der Waals surface area contributed by atoms with Crippen molar-refractivity contribution in [2.75, 3.05) is 32.1 Å². The van der Waals surface area contributed by atoms with Crippen LogP contribution in [0.3, 0.4) is 0 Å². The standard InChI is InChI=1S/C14H20N2O3S/c1-10-3-6-16(7-4-10)9-12(17)15-11-5-8-20-13(11)14(18)19-2/h5,8,10H,3-4,6-7,9H2,1-2H3,(H,15,17). The first kappa shape index (κ1) is 15.0. The molecule has 6 heteroatoms. The predicted molar refractivity (Wildman–Crippen MR) is 79.1 cm³/mol. The Bertz CT molecular complexity index is 479. The molecule has 0 aromatic carbocycles. The van der Waals surface area contributed by atoms with Gasteiger partial charge in [-0.2, -0.15) is 0 Å². The predicted octanol–water partition coefficient (Wildman–Crippen LogP) is 2.21. The van der Waals surface area contributed by atoms with Crippen LogP contribution >= 0.6 is 11.3 Å². The minimum absolute atomic E-state index is 0.0805. The Morgan fingerprint density at radius 2 is 2.15 bits per heavy atom. The van der Waals surface area contributed by atoms with Crippen molar-refractivity contribution in [1.29, 1.82) is 0 Å². The Balaban J connectivity index is 1.88. The van der Waals surface area contributed by atoms with Crippen molar-refractivity contribution in [3.63, 3.8) is 0 Å². The molecule has 5 nitrogen and oxygen atoms in total. The maximum absolute atomic E-state index is 12.0. The summed E-state index contributed by atoms with van der Waals surface area (Å²) in [6.45, 7) is 4.54. The van der Waals surface area contributed by atoms with E-state index in [4.69, 9.17) is 0 Å². The van der Waals surface area contributed by atoms with Crippen molar-refractivity contribution in [3.05, 3.63) is 16.3 Å². The number of thiophene rings is 1. The van der Waals surface area contributed by atoms with Crippen LogP contribution in [0.1, 0.15) is 29.4 Å². The minimum Gasteiger partial charge on any atom is -0.465 e. The molecule has 0 atom stereocenters. The van der Waals surface area contributed by atoms with Gasteiger partial charge in [-0.3, -0.25) is 9.69 Å². The minimum atomic E-state index is -0.415. The third kappa shape index (κ3) is 3.80. The van der Waals surface area contributed by atoms with Gasteiger partial charge in [0.05, 0.1) is 19.3 Å². The smallest absolute Gasteiger partial charge is 0.350 e. The first-order chi connectivity index (χ1) is 9.60. The molecule has 0 aliphatic carbocycles. The number of hydrogen-bond donors (Lipinski definition) is 1. The number of hydrogen-bond acceptors (Lipinski definition) is 5. The van der Waals surface area contributed by atoms with Gasteiger partial charge < -0.3 is 10.1 Å². The molecular formula is C14H20N2O3S. The van der Waals surface area contributed by atoms with E-state index in [1.807, 2.05) is 0 Å². The van der Waals surface area contributed by atoms with Gasteiger partial charge in [0, 0.05) is 0 Å². The fraction of sp³-hybridized carbons (Fsp3) is 0.571. The first-order valence-corrected chi connectivity index (χ1v) is 7.66. The number of piperidine rings is 1. The molecule has 1 aliphatic heterocycles. The van der Waals surface area contributed by atoms with Gasteiger partial charge in [0.25, 0.3) is 0 Å². The van der Waals surface area contributed by atoms with Gasteiger partial charge in [-0.1, -0.05) is 6.92 Å². The lowest BCUT2D eigenvalue weighted by Gasteiger charge is -2.29. The number of nitrogens with one attached hydrogen (secondary N) is 1. The van der Waals surface area contributed by atoms with Crippen LogP contribution in [0, 0.1) is 5.92 Å². The van der Waals surface area contributed by atoms with Crippen molar-refractivity contribution in [2.45, 2.75) is 19.8 Å². The van der Waals surface area contributed by atoms with Crippen LogP contribution in [-0.2, 0) is 9.53 Å². The van der Waals surface area contributed by atoms with Gasteiger partial charge in [-0.25, -0.2) is 4.79 Å². The number of esters is 1. The van der Waals surface area contributed by atoms with Gasteiger partial charge >= 0.3 is 5.97 Å². The Hall–Kier alpha value is -1.40. The molecule has 1 amide bonds. The molecule has 20 heavy (non-hydrogen) atoms. The van der Waals surface area contributed by atoms with E-state index in [-0.39, 0.29) is 5.91 Å². The summed E-state index contributed by atoms with van der Waals surface area (Å²) in [6, 6.07) is 1.73. The fourth-order valence-electron chi connectivity index (χ4n) is 2.27. The highest BCUT2D eigenvalue weighted by atomic mass is 32.1. The zero-order valence-corrected chi connectivity index (χ0v) is 12.7. The maximum atomic E-state index is 12.0. The summed E-state index contributed by atoms with van der Waals surface area (Å²) < 4.78 is 4.69. The van der Waals surface area contributed by atoms with Gasteiger partial charge in [0.2, 0.25) is 5.91 Å². The molecule has 1 aromatic heterocycles. The number of anilines is 1. The van der Waals surface area contributed by atoms with E-state index in [2.05, 4.69) is 21.9 Å². The summed E-state index contributed by atoms with van der Waals surface area (Å²) in [5.74, 6) is 0.252. The third-order valence-electron chi connectivity index (χ3n) is 3.55. The lowest BCUT2D eigenvalue weighted by molar-refractivity contribution is -0.117. The largest absolute Gasteiger partial charge is 0.465 e. The average molecular weight is 296 g/mol. The van der Waals surface area contributed by atoms with Crippen LogP contribution < -0.4 is 5.32 Å². The van der Waals surface area contributed by atoms with Crippen molar-refractivity contribution >= 4 is 28.9 Å². The van der Waals surface area contributed by atoms with E-state index < -0.39 is 5.97 Å². The highest BCUT2D eigenvalue weighted by molar-refractivity contribution is 7.12. The number of rotatable bonds is 4. The van der Waals surface area contributed by atoms with Crippen LogP contribution in [0.5, 0.6) is 0 Å². The normalized spacial score (nSPS) is 16.9. The Morgan fingerprint density at radius 1 is 1.45 bits per heavy atom. The second kappa shape index (κ2) is 6.85. The second-order valence-electron chi connectivity index (χ2n) is 5.16. The monoisotopic (exact) mass is 296 g/mol. The van der Waals surface area contributed by atoms with Crippen molar-refractivity contribution in [3.8, 4) is 0 Å². The third-order valence-corrected chi connectivity index (χ3v) is 4.45. The van der Waals surface area contributed by atoms with Crippen LogP contribution in [0.15, 0.2) is 11.4 Å². The van der Waals surface area contributed by atoms with E-state index in [1.165, 1.54) is 18.4 Å². The Labute approximate surface area is 122 Å². The summed E-state index contributed by atoms with van der Waals surface area (Å²) in [6.07, 6.45) is 2.28. The lowest BCUT2D eigenvalue weighted by atomic mass is 9.99. The Kier molecular flexibility index (Phi) is 5.14. The Morgan fingerprint density at radius 3 is 2.80 bits per heavy atom. The molecule has 0 unspecified atom stereocenters. The highest BCUT2D eigenvalue weighted by Crippen LogP contribution is 2.23. The first-order valence-electron chi connectivity index (χ1n) is 6.78. The molecule has 1 N–H and O–H groups in total. The van der Waals surface area contributed by atoms with Gasteiger partial charge in [-0.05, 0) is 43.3 Å². The van der Waals surface area contributed by atoms with Crippen molar-refractivity contribution < 1.29 is 14.3 Å². The molecule has 1 aliphatic rings.